The highest BCUT2D eigenvalue weighted by molar-refractivity contribution is 6.09. The second kappa shape index (κ2) is 7.45. The van der Waals surface area contributed by atoms with E-state index >= 15 is 0 Å². The number of amides is 2. The van der Waals surface area contributed by atoms with Gasteiger partial charge in [-0.25, -0.2) is 0 Å². The number of nitrogens with one attached hydrogen (secondary N) is 1. The molecule has 2 aromatic rings. The minimum atomic E-state index is -0.592. The molecule has 23 heavy (non-hydrogen) atoms. The van der Waals surface area contributed by atoms with Crippen molar-refractivity contribution in [1.29, 1.82) is 0 Å². The van der Waals surface area contributed by atoms with Crippen LogP contribution in [0.4, 0.5) is 5.69 Å². The maximum Gasteiger partial charge on any atom is 0.259 e. The van der Waals surface area contributed by atoms with Gasteiger partial charge in [0.25, 0.3) is 11.8 Å². The third-order valence-electron chi connectivity index (χ3n) is 3.14. The molecule has 2 rings (SSSR count). The Kier molecular flexibility index (Phi) is 5.36. The van der Waals surface area contributed by atoms with E-state index in [1.165, 1.54) is 0 Å². The first-order chi connectivity index (χ1) is 11.0. The summed E-state index contributed by atoms with van der Waals surface area (Å²) >= 11 is 0. The van der Waals surface area contributed by atoms with Crippen molar-refractivity contribution in [2.45, 2.75) is 13.8 Å². The molecule has 0 atom stereocenters. The second-order valence-electron chi connectivity index (χ2n) is 5.56. The van der Waals surface area contributed by atoms with E-state index in [1.54, 1.807) is 42.5 Å². The summed E-state index contributed by atoms with van der Waals surface area (Å²) in [5.41, 5.74) is 6.38. The van der Waals surface area contributed by atoms with Gasteiger partial charge in [0.2, 0.25) is 0 Å². The van der Waals surface area contributed by atoms with Crippen molar-refractivity contribution in [3.05, 3.63) is 59.7 Å². The first-order valence-electron chi connectivity index (χ1n) is 7.41. The molecule has 120 valence electrons. The standard InChI is InChI=1S/C18H20N2O3/c1-12(2)11-23-16-10-6-4-8-14(16)18(22)20-15-9-5-3-7-13(15)17(19)21/h3-10,12H,11H2,1-2H3,(H2,19,21)(H,20,22). The van der Waals surface area contributed by atoms with Gasteiger partial charge in [-0.05, 0) is 30.2 Å². The summed E-state index contributed by atoms with van der Waals surface area (Å²) in [7, 11) is 0. The Labute approximate surface area is 135 Å². The molecular weight excluding hydrogens is 292 g/mol. The molecule has 0 heterocycles. The Morgan fingerprint density at radius 2 is 1.65 bits per heavy atom. The van der Waals surface area contributed by atoms with Crippen LogP contribution in [0.25, 0.3) is 0 Å². The molecule has 2 aromatic carbocycles. The van der Waals surface area contributed by atoms with Crippen LogP contribution in [0.3, 0.4) is 0 Å². The van der Waals surface area contributed by atoms with Crippen LogP contribution in [0.1, 0.15) is 34.6 Å². The first kappa shape index (κ1) is 16.5. The fourth-order valence-electron chi connectivity index (χ4n) is 2.03. The van der Waals surface area contributed by atoms with E-state index in [1.807, 2.05) is 19.9 Å². The summed E-state index contributed by atoms with van der Waals surface area (Å²) in [5, 5.41) is 2.72. The zero-order valence-electron chi connectivity index (χ0n) is 13.2. The molecule has 0 aliphatic carbocycles. The predicted molar refractivity (Wildman–Crippen MR) is 89.7 cm³/mol. The molecule has 3 N–H and O–H groups in total. The summed E-state index contributed by atoms with van der Waals surface area (Å²) in [4.78, 5) is 23.9. The number of anilines is 1. The minimum absolute atomic E-state index is 0.265. The number of nitrogens with two attached hydrogens (primary N) is 1. The molecule has 0 aliphatic heterocycles. The molecule has 5 nitrogen and oxygen atoms in total. The Morgan fingerprint density at radius 3 is 2.30 bits per heavy atom. The molecule has 0 unspecified atom stereocenters. The Bertz CT molecular complexity index is 711. The van der Waals surface area contributed by atoms with Crippen molar-refractivity contribution >= 4 is 17.5 Å². The van der Waals surface area contributed by atoms with Crippen molar-refractivity contribution in [3.8, 4) is 5.75 Å². The molecule has 0 aliphatic rings. The van der Waals surface area contributed by atoms with Crippen molar-refractivity contribution in [2.75, 3.05) is 11.9 Å². The van der Waals surface area contributed by atoms with Gasteiger partial charge in [-0.1, -0.05) is 38.1 Å². The molecule has 0 saturated carbocycles. The van der Waals surface area contributed by atoms with E-state index in [0.717, 1.165) is 0 Å². The molecule has 0 spiro atoms. The van der Waals surface area contributed by atoms with Gasteiger partial charge in [0.1, 0.15) is 5.75 Å². The molecule has 2 amide bonds. The fourth-order valence-corrected chi connectivity index (χ4v) is 2.03. The molecular formula is C18H20N2O3. The normalized spacial score (nSPS) is 10.4. The topological polar surface area (TPSA) is 81.4 Å². The lowest BCUT2D eigenvalue weighted by Gasteiger charge is -2.14. The summed E-state index contributed by atoms with van der Waals surface area (Å²) in [6.45, 7) is 4.58. The van der Waals surface area contributed by atoms with Gasteiger partial charge in [0.15, 0.2) is 0 Å². The average Bonchev–Trinajstić information content (AvgIpc) is 2.53. The third kappa shape index (κ3) is 4.32. The Balaban J connectivity index is 2.23. The van der Waals surface area contributed by atoms with Gasteiger partial charge in [-0.3, -0.25) is 9.59 Å². The van der Waals surface area contributed by atoms with Crippen molar-refractivity contribution in [3.63, 3.8) is 0 Å². The minimum Gasteiger partial charge on any atom is -0.492 e. The summed E-state index contributed by atoms with van der Waals surface area (Å²) in [6, 6.07) is 13.6. The smallest absolute Gasteiger partial charge is 0.259 e. The number of hydrogen-bond donors (Lipinski definition) is 2. The van der Waals surface area contributed by atoms with Gasteiger partial charge in [-0.2, -0.15) is 0 Å². The highest BCUT2D eigenvalue weighted by Gasteiger charge is 2.15. The lowest BCUT2D eigenvalue weighted by Crippen LogP contribution is -2.19. The second-order valence-corrected chi connectivity index (χ2v) is 5.56. The van der Waals surface area contributed by atoms with E-state index < -0.39 is 5.91 Å². The monoisotopic (exact) mass is 312 g/mol. The van der Waals surface area contributed by atoms with Crippen LogP contribution in [-0.2, 0) is 0 Å². The van der Waals surface area contributed by atoms with E-state index in [0.29, 0.717) is 29.5 Å². The summed E-state index contributed by atoms with van der Waals surface area (Å²) in [6.07, 6.45) is 0. The average molecular weight is 312 g/mol. The SMILES string of the molecule is CC(C)COc1ccccc1C(=O)Nc1ccccc1C(N)=O. The first-order valence-corrected chi connectivity index (χ1v) is 7.41. The van der Waals surface area contributed by atoms with Crippen LogP contribution in [0.15, 0.2) is 48.5 Å². The number of primary amides is 1. The van der Waals surface area contributed by atoms with Crippen LogP contribution < -0.4 is 15.8 Å². The maximum atomic E-state index is 12.5. The lowest BCUT2D eigenvalue weighted by atomic mass is 10.1. The molecule has 5 heteroatoms. The van der Waals surface area contributed by atoms with Crippen molar-refractivity contribution in [2.24, 2.45) is 11.7 Å². The number of hydrogen-bond acceptors (Lipinski definition) is 3. The number of rotatable bonds is 6. The van der Waals surface area contributed by atoms with Crippen LogP contribution in [0.5, 0.6) is 5.75 Å². The molecule has 0 radical (unpaired) electrons. The van der Waals surface area contributed by atoms with Gasteiger partial charge in [-0.15, -0.1) is 0 Å². The number of carbonyl (C=O) groups is 2. The summed E-state index contributed by atoms with van der Waals surface area (Å²) in [5.74, 6) is -0.0831. The van der Waals surface area contributed by atoms with E-state index in [2.05, 4.69) is 5.32 Å². The number of benzene rings is 2. The van der Waals surface area contributed by atoms with Gasteiger partial charge in [0, 0.05) is 0 Å². The lowest BCUT2D eigenvalue weighted by molar-refractivity contribution is 0.100. The largest absolute Gasteiger partial charge is 0.492 e. The Hall–Kier alpha value is -2.82. The molecule has 0 fully saturated rings. The van der Waals surface area contributed by atoms with Gasteiger partial charge < -0.3 is 15.8 Å². The van der Waals surface area contributed by atoms with Crippen molar-refractivity contribution in [1.82, 2.24) is 0 Å². The molecule has 0 aromatic heterocycles. The van der Waals surface area contributed by atoms with Crippen LogP contribution in [0.2, 0.25) is 0 Å². The molecule has 0 bridgehead atoms. The van der Waals surface area contributed by atoms with Gasteiger partial charge in [0.05, 0.1) is 23.4 Å². The van der Waals surface area contributed by atoms with Gasteiger partial charge >= 0.3 is 0 Å². The fraction of sp³-hybridized carbons (Fsp3) is 0.222. The highest BCUT2D eigenvalue weighted by Crippen LogP contribution is 2.22. The van der Waals surface area contributed by atoms with E-state index in [9.17, 15) is 9.59 Å². The number of carbonyl (C=O) groups excluding carboxylic acids is 2. The van der Waals surface area contributed by atoms with Crippen LogP contribution in [-0.4, -0.2) is 18.4 Å². The maximum absolute atomic E-state index is 12.5. The predicted octanol–water partition coefficient (Wildman–Crippen LogP) is 3.07. The van der Waals surface area contributed by atoms with E-state index in [4.69, 9.17) is 10.5 Å². The summed E-state index contributed by atoms with van der Waals surface area (Å²) < 4.78 is 5.68. The third-order valence-corrected chi connectivity index (χ3v) is 3.14. The van der Waals surface area contributed by atoms with Crippen LogP contribution >= 0.6 is 0 Å². The van der Waals surface area contributed by atoms with Crippen molar-refractivity contribution < 1.29 is 14.3 Å². The quantitative estimate of drug-likeness (QED) is 0.860. The zero-order chi connectivity index (χ0) is 16.8. The highest BCUT2D eigenvalue weighted by atomic mass is 16.5. The molecule has 0 saturated heterocycles. The Morgan fingerprint density at radius 1 is 1.04 bits per heavy atom. The number of ether oxygens (including phenoxy) is 1. The van der Waals surface area contributed by atoms with Crippen LogP contribution in [0, 0.1) is 5.92 Å². The number of para-hydroxylation sites is 2. The zero-order valence-corrected chi connectivity index (χ0v) is 13.2. The van der Waals surface area contributed by atoms with E-state index in [-0.39, 0.29) is 11.5 Å².